The Kier molecular flexibility index (Phi) is 6.10. The summed E-state index contributed by atoms with van der Waals surface area (Å²) in [6.07, 6.45) is -0.486. The van der Waals surface area contributed by atoms with E-state index in [0.717, 1.165) is 5.56 Å². The lowest BCUT2D eigenvalue weighted by Crippen LogP contribution is -2.42. The Hall–Kier alpha value is -3.35. The lowest BCUT2D eigenvalue weighted by Gasteiger charge is -2.24. The van der Waals surface area contributed by atoms with Crippen molar-refractivity contribution in [2.75, 3.05) is 0 Å². The topological polar surface area (TPSA) is 94.4 Å². The second kappa shape index (κ2) is 8.57. The Morgan fingerprint density at radius 3 is 2.53 bits per heavy atom. The van der Waals surface area contributed by atoms with E-state index in [4.69, 9.17) is 14.3 Å². The van der Waals surface area contributed by atoms with E-state index in [9.17, 15) is 14.7 Å². The molecule has 1 N–H and O–H groups in total. The van der Waals surface area contributed by atoms with Crippen LogP contribution >= 0.6 is 0 Å². The monoisotopic (exact) mass is 411 g/mol. The Balaban J connectivity index is 1.69. The zero-order valence-electron chi connectivity index (χ0n) is 17.3. The third kappa shape index (κ3) is 5.37. The number of carboxylic acids is 1. The van der Waals surface area contributed by atoms with E-state index in [1.807, 2.05) is 36.4 Å². The fraction of sp³-hybridized carbons (Fsp3) is 0.348. The van der Waals surface area contributed by atoms with E-state index in [1.54, 1.807) is 39.0 Å². The Morgan fingerprint density at radius 1 is 1.13 bits per heavy atom. The van der Waals surface area contributed by atoms with Gasteiger partial charge in [-0.05, 0) is 38.5 Å². The number of aliphatic carboxylic acids is 1. The van der Waals surface area contributed by atoms with Crippen LogP contribution in [0.15, 0.2) is 59.8 Å². The number of carbonyl (C=O) groups excluding carboxylic acids is 1. The van der Waals surface area contributed by atoms with Gasteiger partial charge in [-0.25, -0.2) is 4.79 Å². The molecule has 1 atom stereocenters. The summed E-state index contributed by atoms with van der Waals surface area (Å²) < 4.78 is 11.1. The van der Waals surface area contributed by atoms with Crippen LogP contribution in [0, 0.1) is 0 Å². The highest BCUT2D eigenvalue weighted by atomic mass is 16.7. The molecule has 3 rings (SSSR count). The van der Waals surface area contributed by atoms with Crippen molar-refractivity contribution in [2.45, 2.75) is 51.4 Å². The molecule has 2 aromatic rings. The molecule has 1 aliphatic heterocycles. The largest absolute Gasteiger partial charge is 0.489 e. The first-order chi connectivity index (χ1) is 14.2. The molecule has 158 valence electrons. The van der Waals surface area contributed by atoms with Crippen molar-refractivity contribution in [3.8, 4) is 5.75 Å². The molecule has 2 aromatic carbocycles. The zero-order chi connectivity index (χ0) is 21.8. The van der Waals surface area contributed by atoms with Crippen molar-refractivity contribution in [2.24, 2.45) is 5.16 Å². The molecule has 0 amide bonds. The van der Waals surface area contributed by atoms with Crippen LogP contribution in [0.2, 0.25) is 0 Å². The molecule has 30 heavy (non-hydrogen) atoms. The summed E-state index contributed by atoms with van der Waals surface area (Å²) in [7, 11) is 0. The molecule has 0 aromatic heterocycles. The number of hydrogen-bond donors (Lipinski definition) is 1. The van der Waals surface area contributed by atoms with E-state index in [2.05, 4.69) is 5.16 Å². The number of oxime groups is 1. The van der Waals surface area contributed by atoms with E-state index < -0.39 is 29.6 Å². The summed E-state index contributed by atoms with van der Waals surface area (Å²) in [5.74, 6) is -1.29. The van der Waals surface area contributed by atoms with Crippen molar-refractivity contribution in [3.63, 3.8) is 0 Å². The minimum absolute atomic E-state index is 0.0519. The zero-order valence-corrected chi connectivity index (χ0v) is 17.3. The summed E-state index contributed by atoms with van der Waals surface area (Å²) >= 11 is 0. The highest BCUT2D eigenvalue weighted by Gasteiger charge is 2.49. The highest BCUT2D eigenvalue weighted by molar-refractivity contribution is 6.05. The Labute approximate surface area is 175 Å². The van der Waals surface area contributed by atoms with Crippen molar-refractivity contribution in [1.82, 2.24) is 0 Å². The normalized spacial score (nSPS) is 18.3. The molecule has 0 saturated carbocycles. The lowest BCUT2D eigenvalue weighted by atomic mass is 9.91. The van der Waals surface area contributed by atoms with Gasteiger partial charge >= 0.3 is 11.9 Å². The van der Waals surface area contributed by atoms with Gasteiger partial charge in [0, 0.05) is 12.0 Å². The molecule has 0 saturated heterocycles. The number of ether oxygens (including phenoxy) is 2. The standard InChI is InChI=1S/C23H25NO6/c1-22(2,3)29-20(25)14-23(21(26)27)13-19(24-30-23)17-10-7-11-18(12-17)28-15-16-8-5-4-6-9-16/h4-12H,13-15H2,1-3H3,(H,26,27). The van der Waals surface area contributed by atoms with Gasteiger partial charge in [0.2, 0.25) is 5.60 Å². The second-order valence-electron chi connectivity index (χ2n) is 8.17. The van der Waals surface area contributed by atoms with Gasteiger partial charge in [0.1, 0.15) is 18.0 Å². The number of rotatable bonds is 7. The van der Waals surface area contributed by atoms with E-state index in [0.29, 0.717) is 23.6 Å². The number of hydrogen-bond acceptors (Lipinski definition) is 6. The van der Waals surface area contributed by atoms with E-state index in [1.165, 1.54) is 0 Å². The van der Waals surface area contributed by atoms with E-state index in [-0.39, 0.29) is 6.42 Å². The van der Waals surface area contributed by atoms with Crippen molar-refractivity contribution in [1.29, 1.82) is 0 Å². The Bertz CT molecular complexity index is 948. The lowest BCUT2D eigenvalue weighted by molar-refractivity contribution is -0.175. The van der Waals surface area contributed by atoms with Crippen LogP contribution in [0.4, 0.5) is 0 Å². The van der Waals surface area contributed by atoms with Gasteiger partial charge in [0.15, 0.2) is 0 Å². The average molecular weight is 411 g/mol. The van der Waals surface area contributed by atoms with Gasteiger partial charge in [-0.2, -0.15) is 0 Å². The minimum Gasteiger partial charge on any atom is -0.489 e. The first kappa shape index (κ1) is 21.4. The van der Waals surface area contributed by atoms with Crippen LogP contribution in [-0.2, 0) is 25.8 Å². The minimum atomic E-state index is -1.78. The summed E-state index contributed by atoms with van der Waals surface area (Å²) in [5.41, 5.74) is -0.354. The first-order valence-electron chi connectivity index (χ1n) is 9.64. The maximum Gasteiger partial charge on any atom is 0.351 e. The van der Waals surface area contributed by atoms with Crippen LogP contribution in [0.5, 0.6) is 5.75 Å². The molecule has 0 fully saturated rings. The molecule has 0 aliphatic carbocycles. The van der Waals surface area contributed by atoms with Gasteiger partial charge in [-0.1, -0.05) is 47.6 Å². The van der Waals surface area contributed by atoms with Gasteiger partial charge in [0.05, 0.1) is 12.1 Å². The Morgan fingerprint density at radius 2 is 1.87 bits per heavy atom. The van der Waals surface area contributed by atoms with Crippen molar-refractivity contribution >= 4 is 17.7 Å². The number of carboxylic acid groups (broad SMARTS) is 1. The molecule has 0 radical (unpaired) electrons. The smallest absolute Gasteiger partial charge is 0.351 e. The fourth-order valence-corrected chi connectivity index (χ4v) is 3.03. The number of nitrogens with zero attached hydrogens (tertiary/aromatic N) is 1. The summed E-state index contributed by atoms with van der Waals surface area (Å²) in [5, 5.41) is 13.7. The summed E-state index contributed by atoms with van der Waals surface area (Å²) in [6, 6.07) is 16.9. The van der Waals surface area contributed by atoms with E-state index >= 15 is 0 Å². The quantitative estimate of drug-likeness (QED) is 0.694. The number of esters is 1. The molecule has 1 heterocycles. The first-order valence-corrected chi connectivity index (χ1v) is 9.64. The van der Waals surface area contributed by atoms with Gasteiger partial charge in [-0.3, -0.25) is 4.79 Å². The molecule has 7 heteroatoms. The van der Waals surface area contributed by atoms with Crippen LogP contribution in [0.1, 0.15) is 44.7 Å². The fourth-order valence-electron chi connectivity index (χ4n) is 3.03. The van der Waals surface area contributed by atoms with Crippen molar-refractivity contribution in [3.05, 3.63) is 65.7 Å². The molecular formula is C23H25NO6. The van der Waals surface area contributed by atoms with Crippen LogP contribution in [0.3, 0.4) is 0 Å². The van der Waals surface area contributed by atoms with Crippen LogP contribution in [0.25, 0.3) is 0 Å². The highest BCUT2D eigenvalue weighted by Crippen LogP contribution is 2.32. The molecule has 0 spiro atoms. The third-order valence-corrected chi connectivity index (χ3v) is 4.44. The number of carbonyl (C=O) groups is 2. The SMILES string of the molecule is CC(C)(C)OC(=O)CC1(C(=O)O)CC(c2cccc(OCc3ccccc3)c2)=NO1. The maximum absolute atomic E-state index is 12.2. The van der Waals surface area contributed by atoms with Gasteiger partial charge < -0.3 is 19.4 Å². The summed E-state index contributed by atoms with van der Waals surface area (Å²) in [4.78, 5) is 29.4. The molecular weight excluding hydrogens is 386 g/mol. The van der Waals surface area contributed by atoms with Crippen LogP contribution in [-0.4, -0.2) is 34.0 Å². The van der Waals surface area contributed by atoms with Gasteiger partial charge in [-0.15, -0.1) is 0 Å². The molecule has 1 unspecified atom stereocenters. The predicted octanol–water partition coefficient (Wildman–Crippen LogP) is 3.95. The molecule has 0 bridgehead atoms. The maximum atomic E-state index is 12.2. The second-order valence-corrected chi connectivity index (χ2v) is 8.17. The van der Waals surface area contributed by atoms with Crippen LogP contribution < -0.4 is 4.74 Å². The average Bonchev–Trinajstić information content (AvgIpc) is 3.11. The summed E-state index contributed by atoms with van der Waals surface area (Å²) in [6.45, 7) is 5.56. The molecule has 1 aliphatic rings. The van der Waals surface area contributed by atoms with Crippen molar-refractivity contribution < 1.29 is 29.0 Å². The van der Waals surface area contributed by atoms with Gasteiger partial charge in [0.25, 0.3) is 0 Å². The number of benzene rings is 2. The predicted molar refractivity (Wildman–Crippen MR) is 110 cm³/mol. The molecule has 7 nitrogen and oxygen atoms in total. The third-order valence-electron chi connectivity index (χ3n) is 4.44.